The maximum Gasteiger partial charge on any atom is 0.155 e. The van der Waals surface area contributed by atoms with Crippen LogP contribution in [-0.2, 0) is 13.0 Å². The quantitative estimate of drug-likeness (QED) is 0.854. The van der Waals surface area contributed by atoms with Crippen molar-refractivity contribution in [2.45, 2.75) is 31.9 Å². The molecular weight excluding hydrogens is 294 g/mol. The van der Waals surface area contributed by atoms with Crippen molar-refractivity contribution < 1.29 is 4.74 Å². The molecule has 0 aliphatic heterocycles. The van der Waals surface area contributed by atoms with Gasteiger partial charge in [0.1, 0.15) is 17.4 Å². The molecule has 20 heavy (non-hydrogen) atoms. The molecule has 1 aliphatic rings. The Hall–Kier alpha value is -1.17. The third kappa shape index (κ3) is 4.16. The minimum Gasteiger partial charge on any atom is -0.486 e. The van der Waals surface area contributed by atoms with Gasteiger partial charge in [-0.2, -0.15) is 0 Å². The molecule has 3 rings (SSSR count). The predicted octanol–water partition coefficient (Wildman–Crippen LogP) is 3.07. The van der Waals surface area contributed by atoms with Crippen LogP contribution in [0.3, 0.4) is 0 Å². The van der Waals surface area contributed by atoms with Gasteiger partial charge < -0.3 is 10.1 Å². The van der Waals surface area contributed by atoms with Crippen molar-refractivity contribution in [3.8, 4) is 5.75 Å². The molecule has 0 bridgehead atoms. The lowest BCUT2D eigenvalue weighted by Crippen LogP contribution is -2.19. The molecule has 1 N–H and O–H groups in total. The first kappa shape index (κ1) is 13.8. The summed E-state index contributed by atoms with van der Waals surface area (Å²) in [5.74, 6) is 0.793. The van der Waals surface area contributed by atoms with Gasteiger partial charge in [0.15, 0.2) is 5.01 Å². The molecule has 106 valence electrons. The summed E-state index contributed by atoms with van der Waals surface area (Å²) >= 11 is 7.44. The molecular formula is C14H16ClN3OS. The van der Waals surface area contributed by atoms with Crippen molar-refractivity contribution >= 4 is 22.9 Å². The summed E-state index contributed by atoms with van der Waals surface area (Å²) in [6, 6.07) is 8.07. The van der Waals surface area contributed by atoms with E-state index in [1.54, 1.807) is 11.3 Å². The number of benzene rings is 1. The minimum atomic E-state index is 0.454. The second-order valence-corrected chi connectivity index (χ2v) is 6.39. The first-order valence-corrected chi connectivity index (χ1v) is 7.92. The molecule has 6 heteroatoms. The van der Waals surface area contributed by atoms with E-state index in [9.17, 15) is 0 Å². The van der Waals surface area contributed by atoms with Crippen LogP contribution < -0.4 is 10.1 Å². The van der Waals surface area contributed by atoms with Crippen LogP contribution in [0.5, 0.6) is 5.75 Å². The van der Waals surface area contributed by atoms with E-state index in [1.807, 2.05) is 24.3 Å². The Labute approximate surface area is 127 Å². The zero-order chi connectivity index (χ0) is 13.8. The van der Waals surface area contributed by atoms with Gasteiger partial charge in [0, 0.05) is 24.0 Å². The highest BCUT2D eigenvalue weighted by Crippen LogP contribution is 2.20. The second-order valence-electron chi connectivity index (χ2n) is 4.81. The fraction of sp³-hybridized carbons (Fsp3) is 0.429. The van der Waals surface area contributed by atoms with Crippen LogP contribution in [0.15, 0.2) is 24.3 Å². The molecule has 2 aromatic rings. The van der Waals surface area contributed by atoms with Gasteiger partial charge >= 0.3 is 0 Å². The first-order valence-electron chi connectivity index (χ1n) is 6.72. The average Bonchev–Trinajstić information content (AvgIpc) is 3.16. The first-order chi connectivity index (χ1) is 9.79. The average molecular weight is 310 g/mol. The fourth-order valence-electron chi connectivity index (χ4n) is 1.79. The summed E-state index contributed by atoms with van der Waals surface area (Å²) in [5.41, 5.74) is 0. The number of nitrogens with zero attached hydrogens (tertiary/aromatic N) is 2. The second kappa shape index (κ2) is 6.52. The molecule has 0 atom stereocenters. The maximum atomic E-state index is 5.83. The Kier molecular flexibility index (Phi) is 4.50. The number of aromatic nitrogens is 2. The molecule has 1 fully saturated rings. The lowest BCUT2D eigenvalue weighted by molar-refractivity contribution is 0.304. The zero-order valence-electron chi connectivity index (χ0n) is 11.0. The van der Waals surface area contributed by atoms with E-state index in [1.165, 1.54) is 12.8 Å². The number of nitrogens with one attached hydrogen (secondary N) is 1. The van der Waals surface area contributed by atoms with Gasteiger partial charge in [-0.25, -0.2) is 0 Å². The Balaban J connectivity index is 1.45. The number of hydrogen-bond donors (Lipinski definition) is 1. The summed E-state index contributed by atoms with van der Waals surface area (Å²) < 4.78 is 5.65. The van der Waals surface area contributed by atoms with E-state index in [0.29, 0.717) is 11.6 Å². The van der Waals surface area contributed by atoms with Gasteiger partial charge in [-0.3, -0.25) is 0 Å². The van der Waals surface area contributed by atoms with Crippen LogP contribution in [0.1, 0.15) is 22.9 Å². The Morgan fingerprint density at radius 2 is 1.95 bits per heavy atom. The van der Waals surface area contributed by atoms with Crippen LogP contribution in [-0.4, -0.2) is 22.8 Å². The highest BCUT2D eigenvalue weighted by atomic mass is 35.5. The van der Waals surface area contributed by atoms with E-state index in [0.717, 1.165) is 34.8 Å². The monoisotopic (exact) mass is 309 g/mol. The standard InChI is InChI=1S/C14H16ClN3OS/c15-10-1-5-12(6-2-10)19-9-14-18-17-13(20-14)7-8-16-11-3-4-11/h1-2,5-6,11,16H,3-4,7-9H2. The summed E-state index contributed by atoms with van der Waals surface area (Å²) in [7, 11) is 0. The molecule has 0 amide bonds. The number of ether oxygens (including phenoxy) is 1. The zero-order valence-corrected chi connectivity index (χ0v) is 12.6. The molecule has 4 nitrogen and oxygen atoms in total. The van der Waals surface area contributed by atoms with Crippen molar-refractivity contribution in [1.29, 1.82) is 0 Å². The molecule has 1 heterocycles. The van der Waals surface area contributed by atoms with Gasteiger partial charge in [-0.1, -0.05) is 22.9 Å². The SMILES string of the molecule is Clc1ccc(OCc2nnc(CCNC3CC3)s2)cc1. The van der Waals surface area contributed by atoms with E-state index >= 15 is 0 Å². The van der Waals surface area contributed by atoms with Crippen LogP contribution in [0.25, 0.3) is 0 Å². The molecule has 0 unspecified atom stereocenters. The van der Waals surface area contributed by atoms with Crippen molar-refractivity contribution in [1.82, 2.24) is 15.5 Å². The fourth-order valence-corrected chi connectivity index (χ4v) is 2.68. The lowest BCUT2D eigenvalue weighted by atomic mass is 10.3. The Morgan fingerprint density at radius 3 is 2.70 bits per heavy atom. The van der Waals surface area contributed by atoms with Crippen molar-refractivity contribution in [2.75, 3.05) is 6.54 Å². The summed E-state index contributed by atoms with van der Waals surface area (Å²) in [4.78, 5) is 0. The largest absolute Gasteiger partial charge is 0.486 e. The smallest absolute Gasteiger partial charge is 0.155 e. The van der Waals surface area contributed by atoms with Crippen molar-refractivity contribution in [3.63, 3.8) is 0 Å². The third-order valence-corrected chi connectivity index (χ3v) is 4.24. The van der Waals surface area contributed by atoms with E-state index in [2.05, 4.69) is 15.5 Å². The van der Waals surface area contributed by atoms with Crippen molar-refractivity contribution in [3.05, 3.63) is 39.3 Å². The molecule has 1 saturated carbocycles. The molecule has 1 aromatic carbocycles. The van der Waals surface area contributed by atoms with Crippen LogP contribution in [0.2, 0.25) is 5.02 Å². The molecule has 0 saturated heterocycles. The van der Waals surface area contributed by atoms with Crippen molar-refractivity contribution in [2.24, 2.45) is 0 Å². The number of halogens is 1. The maximum absolute atomic E-state index is 5.83. The molecule has 0 radical (unpaired) electrons. The van der Waals surface area contributed by atoms with E-state index in [4.69, 9.17) is 16.3 Å². The normalized spacial score (nSPS) is 14.4. The minimum absolute atomic E-state index is 0.454. The van der Waals surface area contributed by atoms with Gasteiger partial charge in [-0.15, -0.1) is 10.2 Å². The molecule has 1 aliphatic carbocycles. The molecule has 1 aromatic heterocycles. The Bertz CT molecular complexity index is 554. The van der Waals surface area contributed by atoms with Crippen LogP contribution >= 0.6 is 22.9 Å². The summed E-state index contributed by atoms with van der Waals surface area (Å²) in [6.07, 6.45) is 3.57. The summed E-state index contributed by atoms with van der Waals surface area (Å²) in [6.45, 7) is 1.44. The van der Waals surface area contributed by atoms with E-state index in [-0.39, 0.29) is 0 Å². The van der Waals surface area contributed by atoms with E-state index < -0.39 is 0 Å². The summed E-state index contributed by atoms with van der Waals surface area (Å²) in [5, 5.41) is 14.5. The van der Waals surface area contributed by atoms with Gasteiger partial charge in [0.05, 0.1) is 0 Å². The highest BCUT2D eigenvalue weighted by molar-refractivity contribution is 7.11. The lowest BCUT2D eigenvalue weighted by Gasteiger charge is -2.02. The predicted molar refractivity (Wildman–Crippen MR) is 80.4 cm³/mol. The van der Waals surface area contributed by atoms with Crippen LogP contribution in [0, 0.1) is 0 Å². The topological polar surface area (TPSA) is 47.0 Å². The van der Waals surface area contributed by atoms with Gasteiger partial charge in [-0.05, 0) is 37.1 Å². The molecule has 0 spiro atoms. The van der Waals surface area contributed by atoms with Crippen LogP contribution in [0.4, 0.5) is 0 Å². The highest BCUT2D eigenvalue weighted by Gasteiger charge is 2.19. The Morgan fingerprint density at radius 1 is 1.20 bits per heavy atom. The third-order valence-electron chi connectivity index (χ3n) is 3.03. The number of rotatable bonds is 7. The van der Waals surface area contributed by atoms with Gasteiger partial charge in [0.25, 0.3) is 0 Å². The van der Waals surface area contributed by atoms with Gasteiger partial charge in [0.2, 0.25) is 0 Å². The number of hydrogen-bond acceptors (Lipinski definition) is 5.